The molecule has 5 atom stereocenters. The molecule has 72 valence electrons. The third-order valence-electron chi connectivity index (χ3n) is 4.28. The Labute approximate surface area is 86.8 Å². The average Bonchev–Trinajstić information content (AvgIpc) is 2.58. The van der Waals surface area contributed by atoms with E-state index in [1.165, 1.54) is 10.3 Å². The minimum atomic E-state index is 0.514. The molecule has 0 aromatic heterocycles. The summed E-state index contributed by atoms with van der Waals surface area (Å²) in [7, 11) is 0. The van der Waals surface area contributed by atoms with Crippen LogP contribution in [0.25, 0.3) is 0 Å². The van der Waals surface area contributed by atoms with Crippen molar-refractivity contribution in [3.05, 3.63) is 0 Å². The first-order valence-corrected chi connectivity index (χ1v) is 8.68. The summed E-state index contributed by atoms with van der Waals surface area (Å²) in [5, 5.41) is 0. The SMILES string of the molecule is CCC1C([I-]C)C2CCC1[C@H]2C. The van der Waals surface area contributed by atoms with Crippen LogP contribution in [0.2, 0.25) is 0 Å². The van der Waals surface area contributed by atoms with E-state index in [1.807, 2.05) is 0 Å². The third kappa shape index (κ3) is 1.15. The topological polar surface area (TPSA) is 0 Å². The monoisotopic (exact) mass is 279 g/mol. The van der Waals surface area contributed by atoms with Crippen molar-refractivity contribution in [1.29, 1.82) is 0 Å². The van der Waals surface area contributed by atoms with Crippen LogP contribution in [-0.2, 0) is 0 Å². The molecule has 0 aromatic rings. The maximum absolute atomic E-state index is 2.52. The molecule has 2 aliphatic carbocycles. The van der Waals surface area contributed by atoms with Crippen molar-refractivity contribution in [3.8, 4) is 0 Å². The van der Waals surface area contributed by atoms with Crippen LogP contribution in [0.5, 0.6) is 0 Å². The van der Waals surface area contributed by atoms with E-state index in [9.17, 15) is 0 Å². The van der Waals surface area contributed by atoms with Crippen LogP contribution >= 0.6 is 0 Å². The van der Waals surface area contributed by atoms with Crippen molar-refractivity contribution in [2.75, 3.05) is 4.93 Å². The molecule has 0 aromatic carbocycles. The molecule has 2 saturated carbocycles. The molecular formula is C11H20I-. The molecule has 0 spiro atoms. The van der Waals surface area contributed by atoms with Gasteiger partial charge in [-0.25, -0.2) is 0 Å². The summed E-state index contributed by atoms with van der Waals surface area (Å²) >= 11 is 0.514. The molecule has 2 aliphatic rings. The number of alkyl halides is 2. The number of halogens is 1. The Morgan fingerprint density at radius 2 is 1.92 bits per heavy atom. The normalized spacial score (nSPS) is 52.1. The van der Waals surface area contributed by atoms with Crippen molar-refractivity contribution in [2.24, 2.45) is 23.7 Å². The second-order valence-electron chi connectivity index (χ2n) is 4.50. The molecule has 0 N–H and O–H groups in total. The molecule has 2 fully saturated rings. The molecule has 1 heteroatoms. The fourth-order valence-electron chi connectivity index (χ4n) is 3.69. The quantitative estimate of drug-likeness (QED) is 0.484. The Morgan fingerprint density at radius 1 is 1.25 bits per heavy atom. The van der Waals surface area contributed by atoms with Gasteiger partial charge in [-0.1, -0.05) is 0 Å². The Hall–Kier alpha value is 0.730. The first-order chi connectivity index (χ1) is 5.79. The van der Waals surface area contributed by atoms with Crippen LogP contribution in [0.1, 0.15) is 33.1 Å². The van der Waals surface area contributed by atoms with E-state index in [1.54, 1.807) is 12.8 Å². The molecule has 0 aliphatic heterocycles. The van der Waals surface area contributed by atoms with Gasteiger partial charge in [-0.3, -0.25) is 0 Å². The summed E-state index contributed by atoms with van der Waals surface area (Å²) in [6.45, 7) is 4.93. The number of hydrogen-bond acceptors (Lipinski definition) is 0. The molecular weight excluding hydrogens is 259 g/mol. The molecule has 4 unspecified atom stereocenters. The molecule has 2 bridgehead atoms. The summed E-state index contributed by atoms with van der Waals surface area (Å²) in [4.78, 5) is 2.50. The molecule has 2 rings (SSSR count). The maximum atomic E-state index is 2.52. The number of hydrogen-bond donors (Lipinski definition) is 0. The molecule has 0 radical (unpaired) electrons. The first-order valence-electron chi connectivity index (χ1n) is 5.27. The molecule has 0 heterocycles. The number of fused-ring (bicyclic) bond motifs is 2. The van der Waals surface area contributed by atoms with E-state index in [-0.39, 0.29) is 0 Å². The first kappa shape index (κ1) is 9.29. The summed E-state index contributed by atoms with van der Waals surface area (Å²) < 4.78 is 1.20. The fourth-order valence-corrected chi connectivity index (χ4v) is 7.59. The van der Waals surface area contributed by atoms with Gasteiger partial charge in [0.2, 0.25) is 0 Å². The zero-order valence-corrected chi connectivity index (χ0v) is 10.5. The summed E-state index contributed by atoms with van der Waals surface area (Å²) in [6.07, 6.45) is 4.59. The zero-order valence-electron chi connectivity index (χ0n) is 8.39. The van der Waals surface area contributed by atoms with E-state index >= 15 is 0 Å². The van der Waals surface area contributed by atoms with Gasteiger partial charge in [0.25, 0.3) is 0 Å². The van der Waals surface area contributed by atoms with Crippen molar-refractivity contribution in [3.63, 3.8) is 0 Å². The molecule has 0 amide bonds. The molecule has 0 nitrogen and oxygen atoms in total. The van der Waals surface area contributed by atoms with Gasteiger partial charge in [-0.2, -0.15) is 0 Å². The Morgan fingerprint density at radius 3 is 2.42 bits per heavy atom. The van der Waals surface area contributed by atoms with Crippen LogP contribution in [0.4, 0.5) is 0 Å². The average molecular weight is 279 g/mol. The van der Waals surface area contributed by atoms with E-state index in [2.05, 4.69) is 18.8 Å². The van der Waals surface area contributed by atoms with Gasteiger partial charge in [-0.15, -0.1) is 0 Å². The minimum absolute atomic E-state index is 0.514. The summed E-state index contributed by atoms with van der Waals surface area (Å²) in [5.41, 5.74) is 0. The second kappa shape index (κ2) is 3.47. The van der Waals surface area contributed by atoms with Gasteiger partial charge < -0.3 is 0 Å². The van der Waals surface area contributed by atoms with Gasteiger partial charge in [0.15, 0.2) is 0 Å². The Kier molecular flexibility index (Phi) is 2.69. The van der Waals surface area contributed by atoms with Crippen LogP contribution in [0.3, 0.4) is 0 Å². The van der Waals surface area contributed by atoms with Gasteiger partial charge >= 0.3 is 86.8 Å². The fraction of sp³-hybridized carbons (Fsp3) is 1.00. The van der Waals surface area contributed by atoms with Crippen LogP contribution in [0, 0.1) is 23.7 Å². The van der Waals surface area contributed by atoms with Gasteiger partial charge in [0.05, 0.1) is 0 Å². The predicted octanol–water partition coefficient (Wildman–Crippen LogP) is -0.224. The van der Waals surface area contributed by atoms with Crippen molar-refractivity contribution < 1.29 is 21.2 Å². The van der Waals surface area contributed by atoms with E-state index in [4.69, 9.17) is 0 Å². The summed E-state index contributed by atoms with van der Waals surface area (Å²) in [6, 6.07) is 0. The standard InChI is InChI=1S/C11H20I/c1-4-8-9-5-6-10(7(9)2)11(8)12-3/h7-11H,4-6H2,1-3H3/q-1/t7-,8?,9?,10?,11?/m1/s1. The van der Waals surface area contributed by atoms with E-state index in [0.29, 0.717) is 21.2 Å². The Balaban J connectivity index is 2.15. The second-order valence-corrected chi connectivity index (χ2v) is 7.18. The zero-order chi connectivity index (χ0) is 8.72. The van der Waals surface area contributed by atoms with Crippen LogP contribution in [-0.4, -0.2) is 8.86 Å². The van der Waals surface area contributed by atoms with E-state index in [0.717, 1.165) is 23.7 Å². The van der Waals surface area contributed by atoms with E-state index < -0.39 is 0 Å². The molecule has 12 heavy (non-hydrogen) atoms. The Bertz CT molecular complexity index is 148. The van der Waals surface area contributed by atoms with Crippen molar-refractivity contribution in [1.82, 2.24) is 0 Å². The van der Waals surface area contributed by atoms with Crippen LogP contribution < -0.4 is 21.2 Å². The third-order valence-corrected chi connectivity index (χ3v) is 7.56. The van der Waals surface area contributed by atoms with Crippen molar-refractivity contribution >= 4 is 0 Å². The molecule has 0 saturated heterocycles. The van der Waals surface area contributed by atoms with Gasteiger partial charge in [-0.05, 0) is 0 Å². The summed E-state index contributed by atoms with van der Waals surface area (Å²) in [5.74, 6) is 4.50. The van der Waals surface area contributed by atoms with Crippen LogP contribution in [0.15, 0.2) is 0 Å². The van der Waals surface area contributed by atoms with Gasteiger partial charge in [0.1, 0.15) is 0 Å². The van der Waals surface area contributed by atoms with Gasteiger partial charge in [0, 0.05) is 0 Å². The van der Waals surface area contributed by atoms with Crippen molar-refractivity contribution in [2.45, 2.75) is 37.0 Å². The number of rotatable bonds is 2. The predicted molar refractivity (Wildman–Crippen MR) is 48.9 cm³/mol.